The third-order valence-electron chi connectivity index (χ3n) is 6.88. The summed E-state index contributed by atoms with van der Waals surface area (Å²) in [5, 5.41) is 14.3. The predicted molar refractivity (Wildman–Crippen MR) is 142 cm³/mol. The molecule has 0 N–H and O–H groups in total. The topological polar surface area (TPSA) is 75.3 Å². The molecule has 0 amide bonds. The fourth-order valence-electron chi connectivity index (χ4n) is 4.58. The van der Waals surface area contributed by atoms with E-state index in [-0.39, 0.29) is 30.3 Å². The van der Waals surface area contributed by atoms with Crippen LogP contribution in [-0.4, -0.2) is 32.0 Å². The average Bonchev–Trinajstić information content (AvgIpc) is 3.82. The van der Waals surface area contributed by atoms with Crippen molar-refractivity contribution in [2.45, 2.75) is 84.5 Å². The zero-order valence-electron chi connectivity index (χ0n) is 23.3. The summed E-state index contributed by atoms with van der Waals surface area (Å²) in [6, 6.07) is 18.9. The Bertz CT molecular complexity index is 947. The van der Waals surface area contributed by atoms with Gasteiger partial charge in [0.05, 0.1) is 13.2 Å². The predicted octanol–water partition coefficient (Wildman–Crippen LogP) is 6.81. The highest BCUT2D eigenvalue weighted by atomic mass is 17.0. The van der Waals surface area contributed by atoms with E-state index in [1.54, 1.807) is 7.11 Å². The first kappa shape index (κ1) is 29.2. The molecule has 0 aliphatic heterocycles. The molecule has 209 valence electrons. The van der Waals surface area contributed by atoms with Crippen LogP contribution >= 0.6 is 0 Å². The minimum Gasteiger partial charge on any atom is -0.352 e. The van der Waals surface area contributed by atoms with Crippen LogP contribution in [0.5, 0.6) is 0 Å². The van der Waals surface area contributed by atoms with Crippen molar-refractivity contribution in [3.63, 3.8) is 0 Å². The Hall–Kier alpha value is -1.84. The van der Waals surface area contributed by atoms with Crippen molar-refractivity contribution in [2.75, 3.05) is 13.7 Å². The lowest BCUT2D eigenvalue weighted by atomic mass is 10.1. The van der Waals surface area contributed by atoms with Crippen LogP contribution in [0, 0.1) is 23.7 Å². The molecule has 38 heavy (non-hydrogen) atoms. The number of hydrogen-bond acceptors (Lipinski definition) is 6. The van der Waals surface area contributed by atoms with Gasteiger partial charge in [-0.15, -0.1) is 5.11 Å². The summed E-state index contributed by atoms with van der Waals surface area (Å²) in [7, 11) is 1.68. The second-order valence-electron chi connectivity index (χ2n) is 11.2. The Balaban J connectivity index is 1.62. The van der Waals surface area contributed by atoms with Gasteiger partial charge in [-0.25, -0.2) is 0 Å². The zero-order valence-corrected chi connectivity index (χ0v) is 23.3. The molecule has 4 rings (SSSR count). The molecule has 7 heteroatoms. The highest BCUT2D eigenvalue weighted by molar-refractivity contribution is 5.17. The SMILES string of the molecule is COC(OC(OC([O])(OCc1ccccc1)OC(OCC(C)C)C(C)C)c1ccccc1)(C1CC1)C1CC1. The van der Waals surface area contributed by atoms with E-state index in [1.807, 2.05) is 88.4 Å². The quantitative estimate of drug-likeness (QED) is 0.210. The molecule has 0 bridgehead atoms. The van der Waals surface area contributed by atoms with Gasteiger partial charge >= 0.3 is 6.16 Å². The van der Waals surface area contributed by atoms with Crippen molar-refractivity contribution in [3.8, 4) is 0 Å². The number of rotatable bonds is 17. The molecule has 0 spiro atoms. The molecule has 0 aromatic heterocycles. The highest BCUT2D eigenvalue weighted by Crippen LogP contribution is 2.56. The van der Waals surface area contributed by atoms with Crippen molar-refractivity contribution in [3.05, 3.63) is 71.8 Å². The maximum Gasteiger partial charge on any atom is 0.444 e. The molecule has 2 saturated carbocycles. The fourth-order valence-corrected chi connectivity index (χ4v) is 4.58. The van der Waals surface area contributed by atoms with Crippen LogP contribution in [0.1, 0.15) is 70.8 Å². The van der Waals surface area contributed by atoms with E-state index < -0.39 is 24.5 Å². The first-order valence-corrected chi connectivity index (χ1v) is 13.9. The lowest BCUT2D eigenvalue weighted by Crippen LogP contribution is -2.47. The smallest absolute Gasteiger partial charge is 0.352 e. The zero-order chi connectivity index (χ0) is 27.2. The molecule has 3 atom stereocenters. The van der Waals surface area contributed by atoms with E-state index in [0.29, 0.717) is 12.2 Å². The first-order valence-electron chi connectivity index (χ1n) is 13.9. The molecule has 2 aromatic rings. The van der Waals surface area contributed by atoms with Crippen LogP contribution in [0.4, 0.5) is 0 Å². The molecular formula is C31H43O7. The Morgan fingerprint density at radius 3 is 1.89 bits per heavy atom. The van der Waals surface area contributed by atoms with Gasteiger partial charge in [-0.3, -0.25) is 14.2 Å². The van der Waals surface area contributed by atoms with E-state index in [0.717, 1.165) is 31.2 Å². The minimum atomic E-state index is -2.70. The Labute approximate surface area is 227 Å². The van der Waals surface area contributed by atoms with Gasteiger partial charge in [0.15, 0.2) is 18.4 Å². The fraction of sp³-hybridized carbons (Fsp3) is 0.613. The maximum absolute atomic E-state index is 14.3. The third kappa shape index (κ3) is 7.85. The molecule has 2 aromatic carbocycles. The Morgan fingerprint density at radius 2 is 1.39 bits per heavy atom. The van der Waals surface area contributed by atoms with E-state index in [1.165, 1.54) is 0 Å². The molecule has 0 saturated heterocycles. The van der Waals surface area contributed by atoms with Crippen LogP contribution in [-0.2, 0) is 40.1 Å². The lowest BCUT2D eigenvalue weighted by molar-refractivity contribution is -0.565. The normalized spacial score (nSPS) is 19.5. The molecular weight excluding hydrogens is 484 g/mol. The number of methoxy groups -OCH3 is 1. The molecule has 2 aliphatic carbocycles. The summed E-state index contributed by atoms with van der Waals surface area (Å²) in [5.74, 6) is -0.128. The maximum atomic E-state index is 14.3. The van der Waals surface area contributed by atoms with Crippen LogP contribution < -0.4 is 0 Å². The Morgan fingerprint density at radius 1 is 0.816 bits per heavy atom. The van der Waals surface area contributed by atoms with Gasteiger partial charge in [-0.2, -0.15) is 0 Å². The van der Waals surface area contributed by atoms with E-state index in [4.69, 9.17) is 28.4 Å². The molecule has 7 nitrogen and oxygen atoms in total. The summed E-state index contributed by atoms with van der Waals surface area (Å²) >= 11 is 0. The summed E-state index contributed by atoms with van der Waals surface area (Å²) in [4.78, 5) is 0. The summed E-state index contributed by atoms with van der Waals surface area (Å²) in [5.41, 5.74) is 1.51. The molecule has 0 heterocycles. The van der Waals surface area contributed by atoms with Gasteiger partial charge in [0.1, 0.15) is 0 Å². The number of ether oxygens (including phenoxy) is 6. The minimum absolute atomic E-state index is 0.00150. The Kier molecular flexibility index (Phi) is 9.98. The van der Waals surface area contributed by atoms with Crippen molar-refractivity contribution in [2.24, 2.45) is 23.7 Å². The molecule has 2 fully saturated rings. The highest BCUT2D eigenvalue weighted by Gasteiger charge is 2.58. The van der Waals surface area contributed by atoms with Gasteiger partial charge in [-0.05, 0) is 37.2 Å². The van der Waals surface area contributed by atoms with Crippen LogP contribution in [0.3, 0.4) is 0 Å². The summed E-state index contributed by atoms with van der Waals surface area (Å²) < 4.78 is 36.7. The van der Waals surface area contributed by atoms with Crippen LogP contribution in [0.25, 0.3) is 0 Å². The number of hydrogen-bond donors (Lipinski definition) is 0. The van der Waals surface area contributed by atoms with Gasteiger partial charge in [0.2, 0.25) is 0 Å². The first-order chi connectivity index (χ1) is 18.2. The molecule has 2 aliphatic rings. The van der Waals surface area contributed by atoms with Gasteiger partial charge in [0, 0.05) is 30.4 Å². The molecule has 3 unspecified atom stereocenters. The summed E-state index contributed by atoms with van der Waals surface area (Å²) in [6.07, 6.45) is -0.511. The summed E-state index contributed by atoms with van der Waals surface area (Å²) in [6.45, 7) is 8.40. The monoisotopic (exact) mass is 527 g/mol. The standard InChI is InChI=1S/C31H43O7/c1-22(2)20-34-28(23(3)4)37-31(32,35-21-24-12-8-6-9-13-24)38-29(25-14-10-7-11-15-25)36-30(33-5,26-16-17-26)27-18-19-27/h6-15,22-23,26-29H,16-21H2,1-5H3. The van der Waals surface area contributed by atoms with Crippen molar-refractivity contribution in [1.82, 2.24) is 0 Å². The van der Waals surface area contributed by atoms with E-state index in [9.17, 15) is 5.11 Å². The van der Waals surface area contributed by atoms with E-state index >= 15 is 0 Å². The van der Waals surface area contributed by atoms with Crippen LogP contribution in [0.2, 0.25) is 0 Å². The van der Waals surface area contributed by atoms with Crippen molar-refractivity contribution < 1.29 is 33.5 Å². The van der Waals surface area contributed by atoms with Gasteiger partial charge < -0.3 is 14.2 Å². The molecule has 1 radical (unpaired) electrons. The second kappa shape index (κ2) is 13.0. The third-order valence-corrected chi connectivity index (χ3v) is 6.88. The second-order valence-corrected chi connectivity index (χ2v) is 11.2. The van der Waals surface area contributed by atoms with Crippen molar-refractivity contribution >= 4 is 0 Å². The van der Waals surface area contributed by atoms with Crippen molar-refractivity contribution in [1.29, 1.82) is 0 Å². The number of benzene rings is 2. The van der Waals surface area contributed by atoms with Gasteiger partial charge in [0.25, 0.3) is 0 Å². The van der Waals surface area contributed by atoms with Gasteiger partial charge in [-0.1, -0.05) is 88.4 Å². The van der Waals surface area contributed by atoms with E-state index in [2.05, 4.69) is 0 Å². The average molecular weight is 528 g/mol. The largest absolute Gasteiger partial charge is 0.444 e. The van der Waals surface area contributed by atoms with Crippen LogP contribution in [0.15, 0.2) is 60.7 Å². The lowest BCUT2D eigenvalue weighted by Gasteiger charge is -2.39.